The number of hydrogen-bond acceptors (Lipinski definition) is 7. The molecule has 0 aliphatic carbocycles. The van der Waals surface area contributed by atoms with Gasteiger partial charge in [0.25, 0.3) is 10.0 Å². The molecule has 0 aliphatic rings. The zero-order valence-corrected chi connectivity index (χ0v) is 28.5. The van der Waals surface area contributed by atoms with Crippen LogP contribution >= 0.6 is 23.2 Å². The highest BCUT2D eigenvalue weighted by Gasteiger charge is 2.35. The fourth-order valence-electron chi connectivity index (χ4n) is 4.66. The first-order valence-corrected chi connectivity index (χ1v) is 16.6. The minimum atomic E-state index is -4.37. The summed E-state index contributed by atoms with van der Waals surface area (Å²) in [4.78, 5) is 28.8. The third-order valence-electron chi connectivity index (χ3n) is 6.86. The number of sulfonamides is 1. The minimum absolute atomic E-state index is 0.130. The molecule has 3 aromatic rings. The molecule has 0 bridgehead atoms. The van der Waals surface area contributed by atoms with Crippen LogP contribution in [0.15, 0.2) is 65.6 Å². The van der Waals surface area contributed by atoms with Crippen LogP contribution in [-0.4, -0.2) is 64.6 Å². The Morgan fingerprint density at radius 2 is 1.53 bits per heavy atom. The number of methoxy groups -OCH3 is 2. The number of halogens is 2. The molecule has 0 spiro atoms. The van der Waals surface area contributed by atoms with Gasteiger partial charge in [-0.2, -0.15) is 0 Å². The Bertz CT molecular complexity index is 1560. The maximum absolute atomic E-state index is 14.3. The van der Waals surface area contributed by atoms with Crippen molar-refractivity contribution in [3.8, 4) is 17.2 Å². The number of carbonyl (C=O) groups excluding carboxylic acids is 2. The van der Waals surface area contributed by atoms with Crippen LogP contribution in [0.5, 0.6) is 17.2 Å². The Balaban J connectivity index is 2.15. The fourth-order valence-corrected chi connectivity index (χ4v) is 6.61. The quantitative estimate of drug-likeness (QED) is 0.212. The second-order valence-electron chi connectivity index (χ2n) is 10.3. The maximum atomic E-state index is 14.3. The molecule has 0 saturated heterocycles. The number of carbonyl (C=O) groups is 2. The number of ether oxygens (including phenoxy) is 3. The van der Waals surface area contributed by atoms with Crippen molar-refractivity contribution in [1.82, 2.24) is 10.2 Å². The predicted octanol–water partition coefficient (Wildman–Crippen LogP) is 5.94. The lowest BCUT2D eigenvalue weighted by Gasteiger charge is -2.34. The molecule has 0 fully saturated rings. The molecule has 0 aliphatic heterocycles. The van der Waals surface area contributed by atoms with E-state index in [4.69, 9.17) is 37.4 Å². The average Bonchev–Trinajstić information content (AvgIpc) is 3.00. The van der Waals surface area contributed by atoms with Gasteiger partial charge in [0.05, 0.1) is 31.4 Å². The van der Waals surface area contributed by atoms with Crippen molar-refractivity contribution < 1.29 is 32.2 Å². The van der Waals surface area contributed by atoms with Gasteiger partial charge >= 0.3 is 0 Å². The van der Waals surface area contributed by atoms with E-state index in [1.165, 1.54) is 37.3 Å². The standard InChI is InChI=1S/C32H39Cl2N3O7S/c1-7-28(32(39)35-21(3)4)36(19-25-26(33)10-9-11-27(25)34)31(38)20-37(22-12-14-23(15-13-22)44-8-2)45(40,41)24-16-17-29(42-5)30(18-24)43-6/h9-18,21,28H,7-8,19-20H2,1-6H3,(H,35,39)/t28-/m1/s1. The summed E-state index contributed by atoms with van der Waals surface area (Å²) in [5.74, 6) is 0.0318. The molecule has 13 heteroatoms. The van der Waals surface area contributed by atoms with E-state index in [1.807, 2.05) is 20.8 Å². The van der Waals surface area contributed by atoms with Gasteiger partial charge in [0.1, 0.15) is 18.3 Å². The number of benzene rings is 3. The lowest BCUT2D eigenvalue weighted by molar-refractivity contribution is -0.140. The zero-order chi connectivity index (χ0) is 33.3. The van der Waals surface area contributed by atoms with Crippen LogP contribution in [0.1, 0.15) is 39.7 Å². The number of nitrogens with one attached hydrogen (secondary N) is 1. The van der Waals surface area contributed by atoms with Gasteiger partial charge in [-0.25, -0.2) is 8.42 Å². The molecule has 3 rings (SSSR count). The largest absolute Gasteiger partial charge is 0.494 e. The van der Waals surface area contributed by atoms with Gasteiger partial charge in [-0.1, -0.05) is 36.2 Å². The SMILES string of the molecule is CCOc1ccc(N(CC(=O)N(Cc2c(Cl)cccc2Cl)[C@H](CC)C(=O)NC(C)C)S(=O)(=O)c2ccc(OC)c(OC)c2)cc1. The minimum Gasteiger partial charge on any atom is -0.494 e. The van der Waals surface area contributed by atoms with Gasteiger partial charge in [-0.15, -0.1) is 0 Å². The smallest absolute Gasteiger partial charge is 0.264 e. The van der Waals surface area contributed by atoms with Crippen molar-refractivity contribution in [1.29, 1.82) is 0 Å². The highest BCUT2D eigenvalue weighted by molar-refractivity contribution is 7.92. The summed E-state index contributed by atoms with van der Waals surface area (Å²) >= 11 is 12.9. The Hall–Kier alpha value is -3.67. The molecule has 2 amide bonds. The van der Waals surface area contributed by atoms with E-state index < -0.39 is 28.5 Å². The van der Waals surface area contributed by atoms with E-state index in [1.54, 1.807) is 49.4 Å². The average molecular weight is 681 g/mol. The summed E-state index contributed by atoms with van der Waals surface area (Å²) in [6.07, 6.45) is 0.248. The Labute approximate surface area is 275 Å². The number of rotatable bonds is 15. The van der Waals surface area contributed by atoms with Gasteiger partial charge in [-0.3, -0.25) is 13.9 Å². The van der Waals surface area contributed by atoms with Crippen LogP contribution in [0.2, 0.25) is 10.0 Å². The lowest BCUT2D eigenvalue weighted by atomic mass is 10.1. The summed E-state index contributed by atoms with van der Waals surface area (Å²) in [6, 6.07) is 14.3. The van der Waals surface area contributed by atoms with E-state index in [-0.39, 0.29) is 41.2 Å². The zero-order valence-electron chi connectivity index (χ0n) is 26.2. The summed E-state index contributed by atoms with van der Waals surface area (Å²) in [7, 11) is -1.53. The summed E-state index contributed by atoms with van der Waals surface area (Å²) in [6.45, 7) is 6.87. The monoisotopic (exact) mass is 679 g/mol. The molecule has 0 aromatic heterocycles. The van der Waals surface area contributed by atoms with Crippen molar-refractivity contribution in [3.63, 3.8) is 0 Å². The Morgan fingerprint density at radius 1 is 0.911 bits per heavy atom. The summed E-state index contributed by atoms with van der Waals surface area (Å²) in [5, 5.41) is 3.47. The predicted molar refractivity (Wildman–Crippen MR) is 176 cm³/mol. The molecule has 0 unspecified atom stereocenters. The van der Waals surface area contributed by atoms with Gasteiger partial charge in [0.15, 0.2) is 11.5 Å². The molecule has 1 atom stereocenters. The highest BCUT2D eigenvalue weighted by Crippen LogP contribution is 2.33. The fraction of sp³-hybridized carbons (Fsp3) is 0.375. The van der Waals surface area contributed by atoms with Crippen molar-refractivity contribution in [2.45, 2.75) is 57.6 Å². The van der Waals surface area contributed by atoms with Gasteiger partial charge in [-0.05, 0) is 75.7 Å². The number of nitrogens with zero attached hydrogens (tertiary/aromatic N) is 2. The molecule has 45 heavy (non-hydrogen) atoms. The Morgan fingerprint density at radius 3 is 2.07 bits per heavy atom. The highest BCUT2D eigenvalue weighted by atomic mass is 35.5. The molecule has 0 heterocycles. The van der Waals surface area contributed by atoms with Crippen LogP contribution in [0.4, 0.5) is 5.69 Å². The second kappa shape index (κ2) is 16.1. The molecule has 3 aromatic carbocycles. The van der Waals surface area contributed by atoms with Crippen molar-refractivity contribution in [3.05, 3.63) is 76.3 Å². The molecular formula is C32H39Cl2N3O7S. The molecule has 0 saturated carbocycles. The van der Waals surface area contributed by atoms with E-state index >= 15 is 0 Å². The van der Waals surface area contributed by atoms with Crippen LogP contribution in [0.3, 0.4) is 0 Å². The van der Waals surface area contributed by atoms with E-state index in [0.717, 1.165) is 4.31 Å². The third kappa shape index (κ3) is 8.74. The number of anilines is 1. The van der Waals surface area contributed by atoms with Crippen molar-refractivity contribution in [2.75, 3.05) is 31.7 Å². The van der Waals surface area contributed by atoms with Crippen LogP contribution in [0, 0.1) is 0 Å². The summed E-state index contributed by atoms with van der Waals surface area (Å²) in [5.41, 5.74) is 0.636. The molecule has 0 radical (unpaired) electrons. The van der Waals surface area contributed by atoms with Crippen molar-refractivity contribution >= 4 is 50.7 Å². The van der Waals surface area contributed by atoms with Gasteiger partial charge in [0.2, 0.25) is 11.8 Å². The topological polar surface area (TPSA) is 114 Å². The van der Waals surface area contributed by atoms with E-state index in [2.05, 4.69) is 5.32 Å². The molecular weight excluding hydrogens is 641 g/mol. The number of amides is 2. The first-order valence-electron chi connectivity index (χ1n) is 14.4. The lowest BCUT2D eigenvalue weighted by Crippen LogP contribution is -2.53. The van der Waals surface area contributed by atoms with Crippen molar-refractivity contribution in [2.24, 2.45) is 0 Å². The molecule has 1 N–H and O–H groups in total. The summed E-state index contributed by atoms with van der Waals surface area (Å²) < 4.78 is 45.7. The third-order valence-corrected chi connectivity index (χ3v) is 9.34. The maximum Gasteiger partial charge on any atom is 0.264 e. The normalized spacial score (nSPS) is 11.9. The van der Waals surface area contributed by atoms with Crippen LogP contribution < -0.4 is 23.8 Å². The van der Waals surface area contributed by atoms with Gasteiger partial charge < -0.3 is 24.4 Å². The second-order valence-corrected chi connectivity index (χ2v) is 12.9. The van der Waals surface area contributed by atoms with Gasteiger partial charge in [0, 0.05) is 34.3 Å². The first kappa shape index (κ1) is 35.8. The molecule has 10 nitrogen and oxygen atoms in total. The first-order chi connectivity index (χ1) is 21.4. The van der Waals surface area contributed by atoms with E-state index in [0.29, 0.717) is 33.7 Å². The number of hydrogen-bond donors (Lipinski definition) is 1. The van der Waals surface area contributed by atoms with Crippen LogP contribution in [0.25, 0.3) is 0 Å². The van der Waals surface area contributed by atoms with Crippen LogP contribution in [-0.2, 0) is 26.2 Å². The Kier molecular flexibility index (Phi) is 12.8. The molecule has 244 valence electrons. The van der Waals surface area contributed by atoms with E-state index in [9.17, 15) is 18.0 Å².